The number of rotatable bonds is 5. The summed E-state index contributed by atoms with van der Waals surface area (Å²) in [5, 5.41) is 10.9. The van der Waals surface area contributed by atoms with Crippen LogP contribution < -0.4 is 10.5 Å². The molecule has 0 aliphatic carbocycles. The lowest BCUT2D eigenvalue weighted by Gasteiger charge is -2.07. The highest BCUT2D eigenvalue weighted by molar-refractivity contribution is 7.89. The van der Waals surface area contributed by atoms with Crippen molar-refractivity contribution in [2.24, 2.45) is 0 Å². The first-order valence-electron chi connectivity index (χ1n) is 5.97. The van der Waals surface area contributed by atoms with Crippen LogP contribution in [0.5, 0.6) is 0 Å². The van der Waals surface area contributed by atoms with Crippen LogP contribution in [0.2, 0.25) is 0 Å². The molecule has 3 N–H and O–H groups in total. The average molecular weight is 307 g/mol. The summed E-state index contributed by atoms with van der Waals surface area (Å²) in [7, 11) is -3.78. The predicted molar refractivity (Wildman–Crippen MR) is 78.0 cm³/mol. The third kappa shape index (κ3) is 3.56. The van der Waals surface area contributed by atoms with Gasteiger partial charge in [0.25, 0.3) is 5.69 Å². The number of sulfonamides is 1. The van der Waals surface area contributed by atoms with Crippen LogP contribution in [-0.2, 0) is 16.6 Å². The number of nitro groups is 1. The number of hydrogen-bond acceptors (Lipinski definition) is 5. The SMILES string of the molecule is Nc1cccc(S(=O)(=O)NCc2ccccc2[N+](=O)[O-])c1. The molecule has 7 nitrogen and oxygen atoms in total. The molecule has 0 heterocycles. The fourth-order valence-corrected chi connectivity index (χ4v) is 2.84. The van der Waals surface area contributed by atoms with E-state index in [4.69, 9.17) is 5.73 Å². The molecule has 0 bridgehead atoms. The molecule has 0 radical (unpaired) electrons. The van der Waals surface area contributed by atoms with E-state index in [-0.39, 0.29) is 22.7 Å². The quantitative estimate of drug-likeness (QED) is 0.495. The number of nitrogens with zero attached hydrogens (tertiary/aromatic N) is 1. The number of hydrogen-bond donors (Lipinski definition) is 2. The molecule has 0 aliphatic rings. The van der Waals surface area contributed by atoms with Crippen LogP contribution in [0.4, 0.5) is 11.4 Å². The molecule has 110 valence electrons. The molecule has 2 aromatic rings. The molecule has 21 heavy (non-hydrogen) atoms. The monoisotopic (exact) mass is 307 g/mol. The third-order valence-electron chi connectivity index (χ3n) is 2.81. The molecule has 0 unspecified atom stereocenters. The van der Waals surface area contributed by atoms with Crippen molar-refractivity contribution >= 4 is 21.4 Å². The fraction of sp³-hybridized carbons (Fsp3) is 0.0769. The van der Waals surface area contributed by atoms with E-state index >= 15 is 0 Å². The van der Waals surface area contributed by atoms with Crippen LogP contribution in [0.3, 0.4) is 0 Å². The number of nitrogens with one attached hydrogen (secondary N) is 1. The Labute approximate surface area is 121 Å². The number of anilines is 1. The summed E-state index contributed by atoms with van der Waals surface area (Å²) in [6.07, 6.45) is 0. The van der Waals surface area contributed by atoms with E-state index in [9.17, 15) is 18.5 Å². The Morgan fingerprint density at radius 3 is 2.52 bits per heavy atom. The Morgan fingerprint density at radius 1 is 1.14 bits per heavy atom. The summed E-state index contributed by atoms with van der Waals surface area (Å²) in [5.74, 6) is 0. The largest absolute Gasteiger partial charge is 0.399 e. The van der Waals surface area contributed by atoms with Gasteiger partial charge in [-0.25, -0.2) is 13.1 Å². The number of para-hydroxylation sites is 1. The molecular weight excluding hydrogens is 294 g/mol. The lowest BCUT2D eigenvalue weighted by molar-refractivity contribution is -0.385. The molecule has 0 amide bonds. The van der Waals surface area contributed by atoms with Gasteiger partial charge in [0.2, 0.25) is 10.0 Å². The highest BCUT2D eigenvalue weighted by Crippen LogP contribution is 2.19. The van der Waals surface area contributed by atoms with Crippen molar-refractivity contribution in [3.05, 3.63) is 64.2 Å². The Hall–Kier alpha value is -2.45. The van der Waals surface area contributed by atoms with Crippen LogP contribution in [0.1, 0.15) is 5.56 Å². The van der Waals surface area contributed by atoms with Gasteiger partial charge in [0.1, 0.15) is 0 Å². The van der Waals surface area contributed by atoms with Gasteiger partial charge in [-0.2, -0.15) is 0 Å². The highest BCUT2D eigenvalue weighted by atomic mass is 32.2. The van der Waals surface area contributed by atoms with Crippen LogP contribution in [-0.4, -0.2) is 13.3 Å². The van der Waals surface area contributed by atoms with Gasteiger partial charge >= 0.3 is 0 Å². The van der Waals surface area contributed by atoms with E-state index < -0.39 is 14.9 Å². The summed E-state index contributed by atoms with van der Waals surface area (Å²) < 4.78 is 26.5. The first-order valence-corrected chi connectivity index (χ1v) is 7.46. The minimum absolute atomic E-state index is 0.0149. The topological polar surface area (TPSA) is 115 Å². The van der Waals surface area contributed by atoms with Crippen LogP contribution >= 0.6 is 0 Å². The molecule has 2 rings (SSSR count). The Morgan fingerprint density at radius 2 is 1.86 bits per heavy atom. The zero-order chi connectivity index (χ0) is 15.5. The Kier molecular flexibility index (Phi) is 4.20. The van der Waals surface area contributed by atoms with Crippen molar-refractivity contribution in [2.45, 2.75) is 11.4 Å². The van der Waals surface area contributed by atoms with Crippen molar-refractivity contribution in [2.75, 3.05) is 5.73 Å². The first-order chi connectivity index (χ1) is 9.90. The number of benzene rings is 2. The van der Waals surface area contributed by atoms with Crippen molar-refractivity contribution < 1.29 is 13.3 Å². The third-order valence-corrected chi connectivity index (χ3v) is 4.21. The van der Waals surface area contributed by atoms with Crippen LogP contribution in [0, 0.1) is 10.1 Å². The lowest BCUT2D eigenvalue weighted by atomic mass is 10.2. The van der Waals surface area contributed by atoms with Gasteiger partial charge in [0.05, 0.1) is 9.82 Å². The summed E-state index contributed by atoms with van der Waals surface area (Å²) in [6, 6.07) is 11.8. The van der Waals surface area contributed by atoms with E-state index in [0.29, 0.717) is 5.69 Å². The fourth-order valence-electron chi connectivity index (χ4n) is 1.78. The maximum Gasteiger partial charge on any atom is 0.273 e. The number of nitro benzene ring substituents is 1. The first kappa shape index (κ1) is 14.9. The molecule has 0 spiro atoms. The van der Waals surface area contributed by atoms with Crippen molar-refractivity contribution in [3.8, 4) is 0 Å². The summed E-state index contributed by atoms with van der Waals surface area (Å²) >= 11 is 0. The van der Waals surface area contributed by atoms with E-state index in [1.807, 2.05) is 0 Å². The summed E-state index contributed by atoms with van der Waals surface area (Å²) in [5.41, 5.74) is 6.02. The van der Waals surface area contributed by atoms with Crippen molar-refractivity contribution in [3.63, 3.8) is 0 Å². The van der Waals surface area contributed by atoms with E-state index in [1.54, 1.807) is 12.1 Å². The molecule has 2 aromatic carbocycles. The van der Waals surface area contributed by atoms with Crippen LogP contribution in [0.15, 0.2) is 53.4 Å². The molecule has 0 aromatic heterocycles. The Bertz CT molecular complexity index is 774. The highest BCUT2D eigenvalue weighted by Gasteiger charge is 2.17. The molecular formula is C13H13N3O4S. The second-order valence-electron chi connectivity index (χ2n) is 4.28. The normalized spacial score (nSPS) is 11.2. The van der Waals surface area contributed by atoms with E-state index in [2.05, 4.69) is 4.72 Å². The van der Waals surface area contributed by atoms with Gasteiger partial charge < -0.3 is 5.73 Å². The van der Waals surface area contributed by atoms with E-state index in [0.717, 1.165) is 0 Å². The standard InChI is InChI=1S/C13H13N3O4S/c14-11-5-3-6-12(8-11)21(19,20)15-9-10-4-1-2-7-13(10)16(17)18/h1-8,15H,9,14H2. The van der Waals surface area contributed by atoms with E-state index in [1.165, 1.54) is 36.4 Å². The lowest BCUT2D eigenvalue weighted by Crippen LogP contribution is -2.23. The maximum absolute atomic E-state index is 12.1. The number of nitrogens with two attached hydrogens (primary N) is 1. The van der Waals surface area contributed by atoms with Gasteiger partial charge in [0.15, 0.2) is 0 Å². The van der Waals surface area contributed by atoms with Crippen molar-refractivity contribution in [1.29, 1.82) is 0 Å². The molecule has 0 saturated heterocycles. The average Bonchev–Trinajstić information content (AvgIpc) is 2.45. The smallest absolute Gasteiger partial charge is 0.273 e. The zero-order valence-corrected chi connectivity index (χ0v) is 11.7. The molecule has 0 fully saturated rings. The minimum Gasteiger partial charge on any atom is -0.399 e. The second-order valence-corrected chi connectivity index (χ2v) is 6.05. The molecule has 0 aliphatic heterocycles. The van der Waals surface area contributed by atoms with Crippen LogP contribution in [0.25, 0.3) is 0 Å². The summed E-state index contributed by atoms with van der Waals surface area (Å²) in [4.78, 5) is 10.3. The van der Waals surface area contributed by atoms with Gasteiger partial charge in [-0.15, -0.1) is 0 Å². The van der Waals surface area contributed by atoms with Gasteiger partial charge in [-0.1, -0.05) is 24.3 Å². The minimum atomic E-state index is -3.78. The summed E-state index contributed by atoms with van der Waals surface area (Å²) in [6.45, 7) is -0.172. The van der Waals surface area contributed by atoms with Crippen molar-refractivity contribution in [1.82, 2.24) is 4.72 Å². The molecule has 0 atom stereocenters. The predicted octanol–water partition coefficient (Wildman–Crippen LogP) is 1.66. The molecule has 0 saturated carbocycles. The zero-order valence-electron chi connectivity index (χ0n) is 10.9. The Balaban J connectivity index is 2.22. The number of nitrogen functional groups attached to an aromatic ring is 1. The maximum atomic E-state index is 12.1. The molecule has 8 heteroatoms. The van der Waals surface area contributed by atoms with Gasteiger partial charge in [-0.3, -0.25) is 10.1 Å². The van der Waals surface area contributed by atoms with Gasteiger partial charge in [-0.05, 0) is 18.2 Å². The van der Waals surface area contributed by atoms with Gasteiger partial charge in [0, 0.05) is 23.9 Å². The second kappa shape index (κ2) is 5.90.